The maximum atomic E-state index is 13.4. The molecule has 0 bridgehead atoms. The summed E-state index contributed by atoms with van der Waals surface area (Å²) in [5, 5.41) is 3.52. The quantitative estimate of drug-likeness (QED) is 0.560. The van der Waals surface area contributed by atoms with E-state index in [2.05, 4.69) is 5.32 Å². The van der Waals surface area contributed by atoms with Crippen molar-refractivity contribution in [1.29, 1.82) is 0 Å². The molecular weight excluding hydrogens is 388 g/mol. The van der Waals surface area contributed by atoms with Crippen molar-refractivity contribution in [1.82, 2.24) is 5.32 Å². The van der Waals surface area contributed by atoms with E-state index in [0.29, 0.717) is 20.5 Å². The zero-order valence-corrected chi connectivity index (χ0v) is 15.3. The number of carbonyl (C=O) groups excluding carboxylic acids is 2. The van der Waals surface area contributed by atoms with Crippen LogP contribution in [-0.2, 0) is 20.9 Å². The first kappa shape index (κ1) is 19.6. The monoisotopic (exact) mass is 401 g/mol. The molecule has 132 valence electrons. The maximum Gasteiger partial charge on any atom is 0.316 e. The Labute approximate surface area is 158 Å². The van der Waals surface area contributed by atoms with Crippen molar-refractivity contribution in [3.63, 3.8) is 0 Å². The number of nitrogens with one attached hydrogen (secondary N) is 1. The molecule has 2 aromatic rings. The van der Waals surface area contributed by atoms with E-state index in [1.807, 2.05) is 0 Å². The Bertz CT molecular complexity index is 773. The van der Waals surface area contributed by atoms with Gasteiger partial charge in [-0.15, -0.1) is 11.8 Å². The second kappa shape index (κ2) is 9.65. The maximum absolute atomic E-state index is 13.4. The molecular formula is C17H14Cl2FNO3S. The number of halogens is 3. The molecule has 4 nitrogen and oxygen atoms in total. The molecule has 0 unspecified atom stereocenters. The second-order valence-corrected chi connectivity index (χ2v) is 6.75. The van der Waals surface area contributed by atoms with Crippen molar-refractivity contribution >= 4 is 46.8 Å². The molecule has 2 rings (SSSR count). The summed E-state index contributed by atoms with van der Waals surface area (Å²) in [6.07, 6.45) is 0. The van der Waals surface area contributed by atoms with Crippen LogP contribution in [0.3, 0.4) is 0 Å². The lowest BCUT2D eigenvalue weighted by atomic mass is 10.2. The molecule has 0 aliphatic heterocycles. The zero-order valence-electron chi connectivity index (χ0n) is 12.9. The topological polar surface area (TPSA) is 55.4 Å². The van der Waals surface area contributed by atoms with Gasteiger partial charge in [-0.3, -0.25) is 9.59 Å². The number of benzene rings is 2. The fraction of sp³-hybridized carbons (Fsp3) is 0.176. The number of ether oxygens (including phenoxy) is 1. The van der Waals surface area contributed by atoms with Crippen LogP contribution in [0.25, 0.3) is 0 Å². The first-order valence-corrected chi connectivity index (χ1v) is 8.93. The van der Waals surface area contributed by atoms with Gasteiger partial charge >= 0.3 is 5.97 Å². The highest BCUT2D eigenvalue weighted by molar-refractivity contribution is 8.00. The summed E-state index contributed by atoms with van der Waals surface area (Å²) in [5.41, 5.74) is 0.695. The SMILES string of the molecule is O=C(COC(=O)CSc1ccccc1F)NCc1ccc(Cl)cc1Cl. The number of thioether (sulfide) groups is 1. The molecule has 0 saturated heterocycles. The third kappa shape index (κ3) is 6.57. The minimum atomic E-state index is -0.604. The predicted molar refractivity (Wildman–Crippen MR) is 96.4 cm³/mol. The smallest absolute Gasteiger partial charge is 0.316 e. The normalized spacial score (nSPS) is 10.4. The van der Waals surface area contributed by atoms with Crippen LogP contribution < -0.4 is 5.32 Å². The Hall–Kier alpha value is -1.76. The molecule has 0 aliphatic carbocycles. The highest BCUT2D eigenvalue weighted by Crippen LogP contribution is 2.21. The van der Waals surface area contributed by atoms with E-state index < -0.39 is 24.3 Å². The number of esters is 1. The molecule has 25 heavy (non-hydrogen) atoms. The Morgan fingerprint density at radius 1 is 1.16 bits per heavy atom. The summed E-state index contributed by atoms with van der Waals surface area (Å²) in [7, 11) is 0. The van der Waals surface area contributed by atoms with Crippen molar-refractivity contribution in [2.75, 3.05) is 12.4 Å². The van der Waals surface area contributed by atoms with E-state index in [1.165, 1.54) is 6.07 Å². The van der Waals surface area contributed by atoms with Gasteiger partial charge in [0.25, 0.3) is 5.91 Å². The summed E-state index contributed by atoms with van der Waals surface area (Å²) in [4.78, 5) is 23.7. The largest absolute Gasteiger partial charge is 0.455 e. The molecule has 0 atom stereocenters. The lowest BCUT2D eigenvalue weighted by Crippen LogP contribution is -2.28. The van der Waals surface area contributed by atoms with Crippen LogP contribution in [0.4, 0.5) is 4.39 Å². The Balaban J connectivity index is 1.70. The van der Waals surface area contributed by atoms with Crippen molar-refractivity contribution in [3.8, 4) is 0 Å². The summed E-state index contributed by atoms with van der Waals surface area (Å²) in [5.74, 6) is -1.56. The first-order chi connectivity index (χ1) is 12.0. The van der Waals surface area contributed by atoms with Crippen LogP contribution in [-0.4, -0.2) is 24.2 Å². The van der Waals surface area contributed by atoms with Crippen LogP contribution in [0, 0.1) is 5.82 Å². The molecule has 0 aromatic heterocycles. The molecule has 2 aromatic carbocycles. The average molecular weight is 402 g/mol. The Morgan fingerprint density at radius 3 is 2.64 bits per heavy atom. The minimum absolute atomic E-state index is 0.0861. The van der Waals surface area contributed by atoms with Gasteiger partial charge in [0.1, 0.15) is 5.82 Å². The molecule has 0 heterocycles. The van der Waals surface area contributed by atoms with Gasteiger partial charge in [0.15, 0.2) is 6.61 Å². The zero-order chi connectivity index (χ0) is 18.2. The Kier molecular flexibility index (Phi) is 7.55. The fourth-order valence-electron chi connectivity index (χ4n) is 1.80. The van der Waals surface area contributed by atoms with Gasteiger partial charge in [-0.2, -0.15) is 0 Å². The minimum Gasteiger partial charge on any atom is -0.455 e. The van der Waals surface area contributed by atoms with Crippen LogP contribution >= 0.6 is 35.0 Å². The first-order valence-electron chi connectivity index (χ1n) is 7.19. The second-order valence-electron chi connectivity index (χ2n) is 4.89. The lowest BCUT2D eigenvalue weighted by Gasteiger charge is -2.08. The summed E-state index contributed by atoms with van der Waals surface area (Å²) in [6, 6.07) is 11.0. The van der Waals surface area contributed by atoms with E-state index in [1.54, 1.807) is 36.4 Å². The van der Waals surface area contributed by atoms with Gasteiger partial charge in [0, 0.05) is 21.5 Å². The van der Waals surface area contributed by atoms with Crippen molar-refractivity contribution in [3.05, 3.63) is 63.9 Å². The van der Waals surface area contributed by atoms with Gasteiger partial charge < -0.3 is 10.1 Å². The van der Waals surface area contributed by atoms with Crippen molar-refractivity contribution in [2.24, 2.45) is 0 Å². The predicted octanol–water partition coefficient (Wildman–Crippen LogP) is 4.08. The van der Waals surface area contributed by atoms with E-state index in [4.69, 9.17) is 27.9 Å². The van der Waals surface area contributed by atoms with Gasteiger partial charge in [-0.1, -0.05) is 41.4 Å². The van der Waals surface area contributed by atoms with Crippen molar-refractivity contribution < 1.29 is 18.7 Å². The Morgan fingerprint density at radius 2 is 1.92 bits per heavy atom. The van der Waals surface area contributed by atoms with E-state index in [0.717, 1.165) is 11.8 Å². The van der Waals surface area contributed by atoms with Gasteiger partial charge in [0.2, 0.25) is 0 Å². The average Bonchev–Trinajstić information content (AvgIpc) is 2.58. The summed E-state index contributed by atoms with van der Waals surface area (Å²) >= 11 is 12.8. The van der Waals surface area contributed by atoms with E-state index >= 15 is 0 Å². The van der Waals surface area contributed by atoms with Gasteiger partial charge in [0.05, 0.1) is 5.75 Å². The number of amides is 1. The lowest BCUT2D eigenvalue weighted by molar-refractivity contribution is -0.145. The van der Waals surface area contributed by atoms with Gasteiger partial charge in [-0.05, 0) is 29.8 Å². The van der Waals surface area contributed by atoms with E-state index in [9.17, 15) is 14.0 Å². The fourth-order valence-corrected chi connectivity index (χ4v) is 3.01. The standard InChI is InChI=1S/C17H14Cl2FNO3S/c18-12-6-5-11(13(19)7-12)8-21-16(22)9-24-17(23)10-25-15-4-2-1-3-14(15)20/h1-7H,8-10H2,(H,21,22). The summed E-state index contributed by atoms with van der Waals surface area (Å²) in [6.45, 7) is -0.224. The highest BCUT2D eigenvalue weighted by atomic mass is 35.5. The third-order valence-electron chi connectivity index (χ3n) is 3.04. The number of hydrogen-bond acceptors (Lipinski definition) is 4. The van der Waals surface area contributed by atoms with Crippen LogP contribution in [0.2, 0.25) is 10.0 Å². The number of rotatable bonds is 7. The molecule has 0 fully saturated rings. The highest BCUT2D eigenvalue weighted by Gasteiger charge is 2.10. The third-order valence-corrected chi connectivity index (χ3v) is 4.65. The molecule has 8 heteroatoms. The van der Waals surface area contributed by atoms with Crippen LogP contribution in [0.1, 0.15) is 5.56 Å². The molecule has 1 N–H and O–H groups in total. The van der Waals surface area contributed by atoms with E-state index in [-0.39, 0.29) is 12.3 Å². The molecule has 0 radical (unpaired) electrons. The summed E-state index contributed by atoms with van der Waals surface area (Å²) < 4.78 is 18.3. The van der Waals surface area contributed by atoms with Crippen LogP contribution in [0.15, 0.2) is 47.4 Å². The molecule has 0 saturated carbocycles. The molecule has 0 spiro atoms. The molecule has 1 amide bonds. The molecule has 0 aliphatic rings. The number of hydrogen-bond donors (Lipinski definition) is 1. The van der Waals surface area contributed by atoms with Crippen molar-refractivity contribution in [2.45, 2.75) is 11.4 Å². The number of carbonyl (C=O) groups is 2. The van der Waals surface area contributed by atoms with Crippen LogP contribution in [0.5, 0.6) is 0 Å². The van der Waals surface area contributed by atoms with Gasteiger partial charge in [-0.25, -0.2) is 4.39 Å².